The van der Waals surface area contributed by atoms with Gasteiger partial charge < -0.3 is 25.1 Å². The van der Waals surface area contributed by atoms with E-state index in [4.69, 9.17) is 34.9 Å². The van der Waals surface area contributed by atoms with Gasteiger partial charge in [-0.1, -0.05) is 216 Å². The highest BCUT2D eigenvalue weighted by molar-refractivity contribution is 6.23. The number of phenolic OH excluding ortho intramolecular Hbond substituents is 1. The van der Waals surface area contributed by atoms with Crippen molar-refractivity contribution in [1.29, 1.82) is 0 Å². The van der Waals surface area contributed by atoms with Crippen LogP contribution in [0.5, 0.6) is 23.0 Å². The molecule has 2 aliphatic rings. The number of nitrogens with two attached hydrogens (primary N) is 1. The molecule has 16 aromatic carbocycles. The van der Waals surface area contributed by atoms with Crippen LogP contribution in [0.4, 0.5) is 11.4 Å². The summed E-state index contributed by atoms with van der Waals surface area (Å²) in [5.74, 6) is 7.29. The predicted molar refractivity (Wildman–Crippen MR) is 515 cm³/mol. The third-order valence-electron chi connectivity index (χ3n) is 25.5. The Bertz CT molecular complexity index is 8180. The summed E-state index contributed by atoms with van der Waals surface area (Å²) in [6, 6.07) is 103. The number of para-hydroxylation sites is 4. The summed E-state index contributed by atoms with van der Waals surface area (Å²) in [4.78, 5) is 29.8. The van der Waals surface area contributed by atoms with Crippen LogP contribution in [0.3, 0.4) is 0 Å². The number of anilines is 1. The lowest BCUT2D eigenvalue weighted by Gasteiger charge is -2.17. The Kier molecular flexibility index (Phi) is 19.3. The summed E-state index contributed by atoms with van der Waals surface area (Å²) in [6.45, 7) is 10.7. The lowest BCUT2D eigenvalue weighted by molar-refractivity contribution is -0.385. The van der Waals surface area contributed by atoms with E-state index in [1.165, 1.54) is 148 Å². The molecule has 0 fully saturated rings. The first-order chi connectivity index (χ1) is 61.7. The summed E-state index contributed by atoms with van der Waals surface area (Å²) in [6.07, 6.45) is 5.17. The Morgan fingerprint density at radius 1 is 0.349 bits per heavy atom. The van der Waals surface area contributed by atoms with Crippen molar-refractivity contribution in [3.63, 3.8) is 0 Å². The number of phenols is 1. The molecule has 0 radical (unpaired) electrons. The molecule has 126 heavy (non-hydrogen) atoms. The number of hydrogen-bond donors (Lipinski definition) is 2. The van der Waals surface area contributed by atoms with Crippen molar-refractivity contribution < 1.29 is 24.2 Å². The first kappa shape index (κ1) is 77.6. The maximum absolute atomic E-state index is 11.0. The average Bonchev–Trinajstić information content (AvgIpc) is 1.55. The third kappa shape index (κ3) is 12.6. The second kappa shape index (κ2) is 31.3. The SMILES string of the molecule is CCc1nc2cccc3c4ccc(-c5c6ccccc6c(-c6ccccc6)c6ccccc56)cc4n1c23.CCc1nc2cccc3c4ccc(C)cc4n1c23.CCc1nc2cccc3c4ccc(O)cc4n1c23.CCc1nc2cccc3c4ccc(OC)cc4n1c23.COc1ccc2c(c1)Cc1c(N)cccc1-2.COc1ccc2c(c1)Cc1c-2cccc1[N+](=O)[O-]. The second-order valence-electron chi connectivity index (χ2n) is 32.4. The number of aromatic hydroxyl groups is 1. The van der Waals surface area contributed by atoms with Crippen LogP contribution in [-0.2, 0) is 38.5 Å². The third-order valence-corrected chi connectivity index (χ3v) is 25.5. The Balaban J connectivity index is 0.0000000954. The van der Waals surface area contributed by atoms with Gasteiger partial charge in [0.15, 0.2) is 0 Å². The van der Waals surface area contributed by atoms with Crippen LogP contribution < -0.4 is 19.9 Å². The van der Waals surface area contributed by atoms with Crippen LogP contribution in [0.1, 0.15) is 78.8 Å². The molecule has 0 unspecified atom stereocenters. The van der Waals surface area contributed by atoms with E-state index in [0.29, 0.717) is 12.2 Å². The molecule has 0 saturated carbocycles. The first-order valence-corrected chi connectivity index (χ1v) is 43.0. The molecule has 0 atom stereocenters. The Morgan fingerprint density at radius 3 is 1.17 bits per heavy atom. The summed E-state index contributed by atoms with van der Waals surface area (Å²) in [5.41, 5.74) is 36.4. The largest absolute Gasteiger partial charge is 0.508 e. The molecule has 0 saturated heterocycles. The fourth-order valence-electron chi connectivity index (χ4n) is 19.9. The number of fused-ring (bicyclic) bond motifs is 20. The van der Waals surface area contributed by atoms with Crippen molar-refractivity contribution in [2.24, 2.45) is 0 Å². The predicted octanol–water partition coefficient (Wildman–Crippen LogP) is 26.2. The highest BCUT2D eigenvalue weighted by Crippen LogP contribution is 2.48. The van der Waals surface area contributed by atoms with Crippen LogP contribution in [0.15, 0.2) is 297 Å². The number of nitrogens with zero attached hydrogens (tertiary/aromatic N) is 9. The van der Waals surface area contributed by atoms with Gasteiger partial charge in [0.25, 0.3) is 5.69 Å². The van der Waals surface area contributed by atoms with Crippen molar-refractivity contribution in [2.75, 3.05) is 27.1 Å². The minimum atomic E-state index is -0.318. The van der Waals surface area contributed by atoms with Gasteiger partial charge in [0.1, 0.15) is 46.3 Å². The van der Waals surface area contributed by atoms with Crippen LogP contribution in [0.2, 0.25) is 0 Å². The molecule has 0 amide bonds. The van der Waals surface area contributed by atoms with E-state index < -0.39 is 0 Å². The van der Waals surface area contributed by atoms with Gasteiger partial charge in [0.2, 0.25) is 0 Å². The molecule has 614 valence electrons. The molecule has 3 N–H and O–H groups in total. The fraction of sp³-hybridized carbons (Fsp3) is 0.127. The molecule has 16 heteroatoms. The Labute approximate surface area is 725 Å². The minimum Gasteiger partial charge on any atom is -0.508 e. The molecule has 8 heterocycles. The number of benzene rings is 16. The zero-order valence-corrected chi connectivity index (χ0v) is 71.1. The Hall–Kier alpha value is -15.7. The number of ether oxygens (including phenoxy) is 3. The Morgan fingerprint density at radius 2 is 0.714 bits per heavy atom. The lowest BCUT2D eigenvalue weighted by atomic mass is 9.86. The number of nitro benzene ring substituents is 1. The van der Waals surface area contributed by atoms with Crippen molar-refractivity contribution in [1.82, 2.24) is 37.5 Å². The van der Waals surface area contributed by atoms with E-state index in [2.05, 4.69) is 263 Å². The highest BCUT2D eigenvalue weighted by atomic mass is 16.6. The van der Waals surface area contributed by atoms with Gasteiger partial charge in [-0.2, -0.15) is 0 Å². The monoisotopic (exact) mass is 1640 g/mol. The maximum atomic E-state index is 11.0. The molecule has 2 aliphatic carbocycles. The van der Waals surface area contributed by atoms with Gasteiger partial charge in [-0.25, -0.2) is 19.9 Å². The van der Waals surface area contributed by atoms with Gasteiger partial charge in [-0.15, -0.1) is 0 Å². The quantitative estimate of drug-likeness (QED) is 0.0574. The van der Waals surface area contributed by atoms with Crippen LogP contribution in [0.25, 0.3) is 175 Å². The molecule has 8 aromatic heterocycles. The molecular weight excluding hydrogens is 1560 g/mol. The van der Waals surface area contributed by atoms with Crippen molar-refractivity contribution in [3.05, 3.63) is 358 Å². The van der Waals surface area contributed by atoms with Gasteiger partial charge in [0, 0.05) is 111 Å². The van der Waals surface area contributed by atoms with Crippen molar-refractivity contribution in [2.45, 2.75) is 73.1 Å². The normalized spacial score (nSPS) is 12.0. The van der Waals surface area contributed by atoms with E-state index >= 15 is 0 Å². The number of nitro groups is 1. The number of imidazole rings is 4. The number of aryl methyl sites for hydroxylation is 5. The van der Waals surface area contributed by atoms with Gasteiger partial charge >= 0.3 is 0 Å². The summed E-state index contributed by atoms with van der Waals surface area (Å²) < 4.78 is 24.9. The van der Waals surface area contributed by atoms with E-state index in [9.17, 15) is 15.2 Å². The molecule has 24 aromatic rings. The number of rotatable bonds is 10. The maximum Gasteiger partial charge on any atom is 0.273 e. The molecule has 16 nitrogen and oxygen atoms in total. The standard InChI is InChI=1S/C35H24N2.C16H14N2O.C16H14N2.C15H12N2O.C14H11NO3.C14H13NO/c1-2-32-36-30-18-10-17-29-24-20-19-23(21-31(24)37(32)35(29)30)34-27-15-8-6-13-25(27)33(22-11-4-3-5-12-22)26-14-7-9-16-28(26)34;1-3-15-17-13-6-4-5-12-11-8-7-10(19-2)9-14(11)18(15)16(12)13;1-3-15-17-13-6-4-5-12-11-8-7-10(2)9-14(11)18(15)16(12)13;1-2-14-16-12-5-3-4-11-10-7-6-9(18)8-13(10)17(14)15(11)12;1-18-10-5-6-11-9(7-10)8-13-12(11)3-2-4-14(13)15(16)17;1-16-10-5-6-11-9(7-10)8-13-12(11)3-2-4-14(13)15/h3-21H,2H2,1H3;4-9H,3H2,1-2H3;4-9H,3H2,1-2H3;3-8,18H,2H2,1H3;2-7H,8H2,1H3;2-7H,8,15H2,1H3. The topological polar surface area (TPSA) is 186 Å². The van der Waals surface area contributed by atoms with E-state index in [0.717, 1.165) is 134 Å². The second-order valence-corrected chi connectivity index (χ2v) is 32.4. The van der Waals surface area contributed by atoms with Gasteiger partial charge in [-0.05, 0) is 186 Å². The van der Waals surface area contributed by atoms with Crippen molar-refractivity contribution in [3.8, 4) is 67.5 Å². The summed E-state index contributed by atoms with van der Waals surface area (Å²) in [7, 11) is 5.01. The summed E-state index contributed by atoms with van der Waals surface area (Å²) >= 11 is 0. The number of aromatic nitrogens is 8. The molecule has 0 bridgehead atoms. The first-order valence-electron chi connectivity index (χ1n) is 43.0. The van der Waals surface area contributed by atoms with E-state index in [-0.39, 0.29) is 10.6 Å². The molecule has 26 rings (SSSR count). The van der Waals surface area contributed by atoms with Crippen LogP contribution in [0, 0.1) is 17.0 Å². The smallest absolute Gasteiger partial charge is 0.273 e. The van der Waals surface area contributed by atoms with Crippen LogP contribution >= 0.6 is 0 Å². The van der Waals surface area contributed by atoms with Gasteiger partial charge in [-0.3, -0.25) is 27.7 Å². The summed E-state index contributed by atoms with van der Waals surface area (Å²) in [5, 5.41) is 36.0. The lowest BCUT2D eigenvalue weighted by Crippen LogP contribution is -1.93. The van der Waals surface area contributed by atoms with Crippen molar-refractivity contribution >= 4 is 142 Å². The number of nitrogen functional groups attached to an aromatic ring is 1. The van der Waals surface area contributed by atoms with E-state index in [1.54, 1.807) is 39.5 Å². The zero-order valence-electron chi connectivity index (χ0n) is 71.1. The fourth-order valence-corrected chi connectivity index (χ4v) is 19.9. The minimum absolute atomic E-state index is 0.197. The highest BCUT2D eigenvalue weighted by Gasteiger charge is 2.29. The zero-order chi connectivity index (χ0) is 85.9. The molecule has 0 aliphatic heterocycles. The number of hydrogen-bond acceptors (Lipinski definition) is 11. The van der Waals surface area contributed by atoms with E-state index in [1.807, 2.05) is 72.8 Å². The average molecular weight is 1650 g/mol. The molecular formula is C110H88N10O6. The van der Waals surface area contributed by atoms with Crippen LogP contribution in [-0.4, -0.2) is 68.9 Å². The molecule has 0 spiro atoms. The number of methoxy groups -OCH3 is 3. The van der Waals surface area contributed by atoms with Gasteiger partial charge in [0.05, 0.1) is 92.5 Å².